The van der Waals surface area contributed by atoms with E-state index in [9.17, 15) is 4.79 Å². The van der Waals surface area contributed by atoms with Crippen LogP contribution in [0.25, 0.3) is 0 Å². The van der Waals surface area contributed by atoms with Crippen molar-refractivity contribution in [1.82, 2.24) is 15.1 Å². The van der Waals surface area contributed by atoms with Crippen LogP contribution in [0.4, 0.5) is 0 Å². The predicted octanol–water partition coefficient (Wildman–Crippen LogP) is 0.149. The van der Waals surface area contributed by atoms with Crippen LogP contribution in [0, 0.1) is 0 Å². The van der Waals surface area contributed by atoms with Crippen molar-refractivity contribution in [1.29, 1.82) is 0 Å². The van der Waals surface area contributed by atoms with E-state index in [0.29, 0.717) is 12.5 Å². The number of hydrogen-bond donors (Lipinski definition) is 1. The molecule has 1 N–H and O–H groups in total. The highest BCUT2D eigenvalue weighted by Gasteiger charge is 2.22. The number of carbonyl (C=O) groups is 1. The van der Waals surface area contributed by atoms with Crippen LogP contribution in [0.3, 0.4) is 0 Å². The van der Waals surface area contributed by atoms with Gasteiger partial charge in [0.25, 0.3) is 0 Å². The second-order valence-electron chi connectivity index (χ2n) is 4.36. The maximum atomic E-state index is 11.8. The Hall–Kier alpha value is -0.610. The van der Waals surface area contributed by atoms with Gasteiger partial charge in [0.2, 0.25) is 5.91 Å². The largest absolute Gasteiger partial charge is 0.346 e. The molecule has 15 heavy (non-hydrogen) atoms. The molecule has 88 valence electrons. The molecule has 1 rings (SSSR count). The minimum Gasteiger partial charge on any atom is -0.346 e. The summed E-state index contributed by atoms with van der Waals surface area (Å²) in [4.78, 5) is 15.9. The van der Waals surface area contributed by atoms with Crippen molar-refractivity contribution in [3.63, 3.8) is 0 Å². The van der Waals surface area contributed by atoms with Crippen molar-refractivity contribution in [2.45, 2.75) is 25.8 Å². The second kappa shape index (κ2) is 6.08. The summed E-state index contributed by atoms with van der Waals surface area (Å²) in [6.45, 7) is 5.96. The van der Waals surface area contributed by atoms with Crippen LogP contribution in [0.2, 0.25) is 0 Å². The Labute approximate surface area is 92.6 Å². The third kappa shape index (κ3) is 3.80. The number of likely N-dealkylation sites (N-methyl/N-ethyl adjacent to an activating group) is 1. The number of nitrogens with zero attached hydrogens (tertiary/aromatic N) is 2. The van der Waals surface area contributed by atoms with Crippen LogP contribution >= 0.6 is 0 Å². The number of carbonyl (C=O) groups excluding carboxylic acids is 1. The molecule has 4 heteroatoms. The topological polar surface area (TPSA) is 35.6 Å². The monoisotopic (exact) mass is 213 g/mol. The van der Waals surface area contributed by atoms with Crippen molar-refractivity contribution in [2.75, 3.05) is 40.3 Å². The average molecular weight is 213 g/mol. The lowest BCUT2D eigenvalue weighted by molar-refractivity contribution is -0.131. The van der Waals surface area contributed by atoms with E-state index in [1.54, 1.807) is 0 Å². The minimum absolute atomic E-state index is 0.261. The van der Waals surface area contributed by atoms with Crippen LogP contribution in [0.15, 0.2) is 0 Å². The van der Waals surface area contributed by atoms with Gasteiger partial charge in [0.1, 0.15) is 0 Å². The molecule has 1 unspecified atom stereocenters. The number of hydrogen-bond acceptors (Lipinski definition) is 3. The molecule has 0 aromatic carbocycles. The van der Waals surface area contributed by atoms with Gasteiger partial charge in [-0.1, -0.05) is 6.92 Å². The first-order chi connectivity index (χ1) is 7.15. The Balaban J connectivity index is 2.35. The van der Waals surface area contributed by atoms with Gasteiger partial charge >= 0.3 is 0 Å². The first kappa shape index (κ1) is 12.5. The minimum atomic E-state index is 0.261. The molecular formula is C11H23N3O. The first-order valence-electron chi connectivity index (χ1n) is 5.80. The zero-order chi connectivity index (χ0) is 11.3. The second-order valence-corrected chi connectivity index (χ2v) is 4.36. The van der Waals surface area contributed by atoms with Gasteiger partial charge in [-0.25, -0.2) is 0 Å². The normalized spacial score (nSPS) is 22.7. The molecule has 0 aromatic heterocycles. The molecule has 0 bridgehead atoms. The smallest absolute Gasteiger partial charge is 0.223 e. The van der Waals surface area contributed by atoms with Gasteiger partial charge in [-0.3, -0.25) is 4.79 Å². The summed E-state index contributed by atoms with van der Waals surface area (Å²) in [5.41, 5.74) is 0. The maximum Gasteiger partial charge on any atom is 0.223 e. The van der Waals surface area contributed by atoms with Crippen LogP contribution in [-0.4, -0.2) is 62.0 Å². The Kier molecular flexibility index (Phi) is 5.05. The molecule has 0 aliphatic carbocycles. The molecule has 4 nitrogen and oxygen atoms in total. The lowest BCUT2D eigenvalue weighted by atomic mass is 10.1. The molecular weight excluding hydrogens is 190 g/mol. The van der Waals surface area contributed by atoms with E-state index in [4.69, 9.17) is 0 Å². The molecule has 0 saturated carbocycles. The summed E-state index contributed by atoms with van der Waals surface area (Å²) >= 11 is 0. The Morgan fingerprint density at radius 1 is 1.60 bits per heavy atom. The van der Waals surface area contributed by atoms with E-state index < -0.39 is 0 Å². The van der Waals surface area contributed by atoms with E-state index in [2.05, 4.69) is 24.2 Å². The Morgan fingerprint density at radius 3 is 2.93 bits per heavy atom. The van der Waals surface area contributed by atoms with Gasteiger partial charge in [-0.05, 0) is 13.5 Å². The molecule has 1 aliphatic rings. The SMILES string of the molecule is CCCN(C)C(=O)CC1CNCCN1C. The highest BCUT2D eigenvalue weighted by atomic mass is 16.2. The summed E-state index contributed by atoms with van der Waals surface area (Å²) in [6, 6.07) is 0.366. The molecule has 1 fully saturated rings. The van der Waals surface area contributed by atoms with Gasteiger partial charge in [-0.2, -0.15) is 0 Å². The lowest BCUT2D eigenvalue weighted by Crippen LogP contribution is -2.51. The van der Waals surface area contributed by atoms with Gasteiger partial charge in [0.05, 0.1) is 0 Å². The molecule has 1 amide bonds. The fourth-order valence-corrected chi connectivity index (χ4v) is 1.91. The Morgan fingerprint density at radius 2 is 2.33 bits per heavy atom. The molecule has 0 aromatic rings. The van der Waals surface area contributed by atoms with Crippen LogP contribution < -0.4 is 5.32 Å². The van der Waals surface area contributed by atoms with Crippen LogP contribution in [0.5, 0.6) is 0 Å². The van der Waals surface area contributed by atoms with Crippen molar-refractivity contribution < 1.29 is 4.79 Å². The summed E-state index contributed by atoms with van der Waals surface area (Å²) in [5.74, 6) is 0.261. The summed E-state index contributed by atoms with van der Waals surface area (Å²) in [7, 11) is 3.99. The van der Waals surface area contributed by atoms with Gasteiger partial charge < -0.3 is 15.1 Å². The third-order valence-electron chi connectivity index (χ3n) is 3.04. The molecule has 1 saturated heterocycles. The Bertz CT molecular complexity index is 208. The van der Waals surface area contributed by atoms with E-state index in [-0.39, 0.29) is 5.91 Å². The fourth-order valence-electron chi connectivity index (χ4n) is 1.91. The first-order valence-corrected chi connectivity index (χ1v) is 5.80. The van der Waals surface area contributed by atoms with E-state index in [0.717, 1.165) is 32.6 Å². The molecule has 0 radical (unpaired) electrons. The van der Waals surface area contributed by atoms with Crippen molar-refractivity contribution in [2.24, 2.45) is 0 Å². The standard InChI is InChI=1S/C11H23N3O/c1-4-6-14(3)11(15)8-10-9-12-5-7-13(10)2/h10,12H,4-9H2,1-3H3. The molecule has 0 spiro atoms. The zero-order valence-corrected chi connectivity index (χ0v) is 10.1. The van der Waals surface area contributed by atoms with Crippen LogP contribution in [-0.2, 0) is 4.79 Å². The summed E-state index contributed by atoms with van der Waals surface area (Å²) in [6.07, 6.45) is 1.67. The van der Waals surface area contributed by atoms with Crippen LogP contribution in [0.1, 0.15) is 19.8 Å². The number of nitrogens with one attached hydrogen (secondary N) is 1. The van der Waals surface area contributed by atoms with E-state index in [1.165, 1.54) is 0 Å². The third-order valence-corrected chi connectivity index (χ3v) is 3.04. The van der Waals surface area contributed by atoms with E-state index >= 15 is 0 Å². The molecule has 1 heterocycles. The van der Waals surface area contributed by atoms with E-state index in [1.807, 2.05) is 11.9 Å². The fraction of sp³-hybridized carbons (Fsp3) is 0.909. The highest BCUT2D eigenvalue weighted by molar-refractivity contribution is 5.76. The number of amides is 1. The van der Waals surface area contributed by atoms with Crippen molar-refractivity contribution in [3.8, 4) is 0 Å². The molecule has 1 atom stereocenters. The number of rotatable bonds is 4. The number of piperazine rings is 1. The maximum absolute atomic E-state index is 11.8. The highest BCUT2D eigenvalue weighted by Crippen LogP contribution is 2.06. The van der Waals surface area contributed by atoms with Gasteiger partial charge in [0.15, 0.2) is 0 Å². The average Bonchev–Trinajstić information content (AvgIpc) is 2.21. The zero-order valence-electron chi connectivity index (χ0n) is 10.1. The summed E-state index contributed by atoms with van der Waals surface area (Å²) < 4.78 is 0. The lowest BCUT2D eigenvalue weighted by Gasteiger charge is -2.33. The summed E-state index contributed by atoms with van der Waals surface area (Å²) in [5, 5.41) is 3.33. The van der Waals surface area contributed by atoms with Gasteiger partial charge in [0, 0.05) is 45.7 Å². The predicted molar refractivity (Wildman–Crippen MR) is 61.8 cm³/mol. The quantitative estimate of drug-likeness (QED) is 0.722. The molecule has 1 aliphatic heterocycles. The van der Waals surface area contributed by atoms with Crippen molar-refractivity contribution >= 4 is 5.91 Å². The van der Waals surface area contributed by atoms with Gasteiger partial charge in [-0.15, -0.1) is 0 Å². The van der Waals surface area contributed by atoms with Crippen molar-refractivity contribution in [3.05, 3.63) is 0 Å².